The molecular formula is C10H18O3. The molecule has 0 aromatic heterocycles. The van der Waals surface area contributed by atoms with E-state index >= 15 is 0 Å². The molecule has 0 rings (SSSR count). The van der Waals surface area contributed by atoms with Crippen molar-refractivity contribution >= 4 is 12.3 Å². The molecule has 76 valence electrons. The maximum Gasteiger partial charge on any atom is 0.307 e. The molecule has 1 unspecified atom stereocenters. The van der Waals surface area contributed by atoms with E-state index in [0.717, 1.165) is 6.29 Å². The van der Waals surface area contributed by atoms with Crippen molar-refractivity contribution in [2.24, 2.45) is 5.92 Å². The fourth-order valence-electron chi connectivity index (χ4n) is 0.886. The Morgan fingerprint density at radius 1 is 1.46 bits per heavy atom. The third kappa shape index (κ3) is 6.31. The molecule has 3 nitrogen and oxygen atoms in total. The zero-order valence-corrected chi connectivity index (χ0v) is 8.79. The van der Waals surface area contributed by atoms with Gasteiger partial charge in [-0.2, -0.15) is 0 Å². The van der Waals surface area contributed by atoms with Crippen LogP contribution in [0.25, 0.3) is 0 Å². The van der Waals surface area contributed by atoms with Crippen LogP contribution in [-0.4, -0.2) is 17.9 Å². The molecule has 0 fully saturated rings. The van der Waals surface area contributed by atoms with Crippen molar-refractivity contribution in [1.29, 1.82) is 0 Å². The summed E-state index contributed by atoms with van der Waals surface area (Å²) in [6, 6.07) is 0. The number of ether oxygens (including phenoxy) is 1. The lowest BCUT2D eigenvalue weighted by Crippen LogP contribution is -2.25. The first-order valence-electron chi connectivity index (χ1n) is 4.56. The fourth-order valence-corrected chi connectivity index (χ4v) is 0.886. The highest BCUT2D eigenvalue weighted by molar-refractivity contribution is 5.74. The Labute approximate surface area is 79.5 Å². The monoisotopic (exact) mass is 186 g/mol. The van der Waals surface area contributed by atoms with Crippen molar-refractivity contribution in [2.75, 3.05) is 0 Å². The van der Waals surface area contributed by atoms with Crippen molar-refractivity contribution < 1.29 is 14.3 Å². The Hall–Kier alpha value is -0.860. The Kier molecular flexibility index (Phi) is 4.67. The van der Waals surface area contributed by atoms with Gasteiger partial charge in [0.15, 0.2) is 0 Å². The summed E-state index contributed by atoms with van der Waals surface area (Å²) in [4.78, 5) is 21.6. The molecule has 13 heavy (non-hydrogen) atoms. The van der Waals surface area contributed by atoms with E-state index in [1.54, 1.807) is 0 Å². The largest absolute Gasteiger partial charge is 0.460 e. The van der Waals surface area contributed by atoms with Gasteiger partial charge in [-0.15, -0.1) is 0 Å². The predicted molar refractivity (Wildman–Crippen MR) is 50.3 cm³/mol. The maximum atomic E-state index is 11.2. The van der Waals surface area contributed by atoms with Gasteiger partial charge < -0.3 is 9.53 Å². The lowest BCUT2D eigenvalue weighted by atomic mass is 10.0. The van der Waals surface area contributed by atoms with E-state index in [-0.39, 0.29) is 18.3 Å². The molecule has 0 saturated carbocycles. The van der Waals surface area contributed by atoms with Gasteiger partial charge in [0, 0.05) is 5.92 Å². The smallest absolute Gasteiger partial charge is 0.307 e. The normalized spacial score (nSPS) is 13.5. The minimum atomic E-state index is -0.460. The molecule has 0 aliphatic rings. The minimum absolute atomic E-state index is 0.192. The van der Waals surface area contributed by atoms with Crippen LogP contribution in [0.1, 0.15) is 40.5 Å². The Balaban J connectivity index is 3.93. The SMILES string of the molecule is CCC(C=O)CC(=O)OC(C)(C)C. The molecule has 0 aliphatic carbocycles. The van der Waals surface area contributed by atoms with Gasteiger partial charge in [-0.1, -0.05) is 6.92 Å². The number of carbonyl (C=O) groups is 2. The molecule has 0 spiro atoms. The number of esters is 1. The average molecular weight is 186 g/mol. The highest BCUT2D eigenvalue weighted by atomic mass is 16.6. The van der Waals surface area contributed by atoms with Gasteiger partial charge in [0.05, 0.1) is 6.42 Å². The van der Waals surface area contributed by atoms with E-state index in [4.69, 9.17) is 4.74 Å². The molecule has 3 heteroatoms. The second-order valence-corrected chi connectivity index (χ2v) is 4.09. The summed E-state index contributed by atoms with van der Waals surface area (Å²) in [6.07, 6.45) is 1.68. The van der Waals surface area contributed by atoms with Gasteiger partial charge in [0.1, 0.15) is 11.9 Å². The summed E-state index contributed by atoms with van der Waals surface area (Å²) in [6.45, 7) is 7.32. The van der Waals surface area contributed by atoms with Crippen LogP contribution in [-0.2, 0) is 14.3 Å². The second kappa shape index (κ2) is 5.00. The molecule has 0 aromatic carbocycles. The third-order valence-corrected chi connectivity index (χ3v) is 1.57. The number of rotatable bonds is 4. The lowest BCUT2D eigenvalue weighted by molar-refractivity contribution is -0.156. The van der Waals surface area contributed by atoms with E-state index in [1.165, 1.54) is 0 Å². The van der Waals surface area contributed by atoms with E-state index in [0.29, 0.717) is 6.42 Å². The first kappa shape index (κ1) is 12.1. The van der Waals surface area contributed by atoms with Crippen LogP contribution in [0.2, 0.25) is 0 Å². The highest BCUT2D eigenvalue weighted by Crippen LogP contribution is 2.12. The molecule has 0 radical (unpaired) electrons. The van der Waals surface area contributed by atoms with Crippen molar-refractivity contribution in [2.45, 2.75) is 46.1 Å². The third-order valence-electron chi connectivity index (χ3n) is 1.57. The van der Waals surface area contributed by atoms with Gasteiger partial charge in [0.25, 0.3) is 0 Å². The molecule has 0 aliphatic heterocycles. The maximum absolute atomic E-state index is 11.2. The van der Waals surface area contributed by atoms with Gasteiger partial charge in [0.2, 0.25) is 0 Å². The zero-order chi connectivity index (χ0) is 10.5. The number of hydrogen-bond donors (Lipinski definition) is 0. The van der Waals surface area contributed by atoms with E-state index < -0.39 is 5.60 Å². The average Bonchev–Trinajstić information content (AvgIpc) is 1.96. The second-order valence-electron chi connectivity index (χ2n) is 4.09. The van der Waals surface area contributed by atoms with Crippen LogP contribution in [0.3, 0.4) is 0 Å². The molecule has 0 saturated heterocycles. The number of hydrogen-bond acceptors (Lipinski definition) is 3. The van der Waals surface area contributed by atoms with Gasteiger partial charge in [-0.05, 0) is 27.2 Å². The van der Waals surface area contributed by atoms with Gasteiger partial charge >= 0.3 is 5.97 Å². The molecule has 0 amide bonds. The van der Waals surface area contributed by atoms with Crippen molar-refractivity contribution in [3.8, 4) is 0 Å². The van der Waals surface area contributed by atoms with Crippen molar-refractivity contribution in [1.82, 2.24) is 0 Å². The quantitative estimate of drug-likeness (QED) is 0.498. The molecule has 1 atom stereocenters. The molecular weight excluding hydrogens is 168 g/mol. The van der Waals surface area contributed by atoms with E-state index in [9.17, 15) is 9.59 Å². The first-order chi connectivity index (χ1) is 5.89. The Morgan fingerprint density at radius 3 is 2.31 bits per heavy atom. The number of aldehydes is 1. The summed E-state index contributed by atoms with van der Waals surface area (Å²) in [5.41, 5.74) is -0.460. The topological polar surface area (TPSA) is 43.4 Å². The summed E-state index contributed by atoms with van der Waals surface area (Å²) in [7, 11) is 0. The molecule has 0 N–H and O–H groups in total. The standard InChI is InChI=1S/C10H18O3/c1-5-8(7-11)6-9(12)13-10(2,3)4/h7-8H,5-6H2,1-4H3. The predicted octanol–water partition coefficient (Wildman–Crippen LogP) is 1.94. The van der Waals surface area contributed by atoms with Crippen LogP contribution in [0.15, 0.2) is 0 Å². The van der Waals surface area contributed by atoms with Crippen molar-refractivity contribution in [3.05, 3.63) is 0 Å². The highest BCUT2D eigenvalue weighted by Gasteiger charge is 2.18. The van der Waals surface area contributed by atoms with Crippen LogP contribution >= 0.6 is 0 Å². The van der Waals surface area contributed by atoms with Crippen LogP contribution in [0.5, 0.6) is 0 Å². The molecule has 0 heterocycles. The van der Waals surface area contributed by atoms with E-state index in [2.05, 4.69) is 0 Å². The Morgan fingerprint density at radius 2 is 2.00 bits per heavy atom. The first-order valence-corrected chi connectivity index (χ1v) is 4.56. The van der Waals surface area contributed by atoms with Gasteiger partial charge in [-0.25, -0.2) is 0 Å². The summed E-state index contributed by atoms with van der Waals surface area (Å²) in [5.74, 6) is -0.499. The Bertz CT molecular complexity index is 179. The zero-order valence-electron chi connectivity index (χ0n) is 8.79. The van der Waals surface area contributed by atoms with Crippen molar-refractivity contribution in [3.63, 3.8) is 0 Å². The number of carbonyl (C=O) groups excluding carboxylic acids is 2. The van der Waals surface area contributed by atoms with Crippen LogP contribution in [0, 0.1) is 5.92 Å². The van der Waals surface area contributed by atoms with Crippen LogP contribution < -0.4 is 0 Å². The van der Waals surface area contributed by atoms with E-state index in [1.807, 2.05) is 27.7 Å². The summed E-state index contributed by atoms with van der Waals surface area (Å²) >= 11 is 0. The molecule has 0 aromatic rings. The summed E-state index contributed by atoms with van der Waals surface area (Å²) < 4.78 is 5.07. The lowest BCUT2D eigenvalue weighted by Gasteiger charge is -2.20. The van der Waals surface area contributed by atoms with Gasteiger partial charge in [-0.3, -0.25) is 4.79 Å². The minimum Gasteiger partial charge on any atom is -0.460 e. The summed E-state index contributed by atoms with van der Waals surface area (Å²) in [5, 5.41) is 0. The fraction of sp³-hybridized carbons (Fsp3) is 0.800. The van der Waals surface area contributed by atoms with Crippen LogP contribution in [0.4, 0.5) is 0 Å². The molecule has 0 bridgehead atoms.